The molecule has 5 heteroatoms. The molecule has 0 bridgehead atoms. The van der Waals surface area contributed by atoms with Crippen molar-refractivity contribution in [2.45, 2.75) is 77.9 Å². The molecule has 0 unspecified atom stereocenters. The number of ether oxygens (including phenoxy) is 1. The molecule has 0 saturated heterocycles. The Kier molecular flexibility index (Phi) is 6.01. The first-order chi connectivity index (χ1) is 12.1. The summed E-state index contributed by atoms with van der Waals surface area (Å²) in [6.07, 6.45) is 3.93. The van der Waals surface area contributed by atoms with Crippen molar-refractivity contribution < 1.29 is 9.53 Å². The summed E-state index contributed by atoms with van der Waals surface area (Å²) < 4.78 is 7.48. The van der Waals surface area contributed by atoms with Gasteiger partial charge in [-0.1, -0.05) is 55.4 Å². The standard InChI is InChI=1S/C21H34N2O2Si/c1-13(2)19-17-10-11-23(20(17)22-12-18(19)21(24)25-9)26(14(3)4,15(5)6)16(7)8/h10-16H,1-9H3. The zero-order valence-electron chi connectivity index (χ0n) is 17.8. The first-order valence-corrected chi connectivity index (χ1v) is 11.9. The second-order valence-corrected chi connectivity index (χ2v) is 14.2. The highest BCUT2D eigenvalue weighted by Crippen LogP contribution is 2.44. The molecule has 0 N–H and O–H groups in total. The summed E-state index contributed by atoms with van der Waals surface area (Å²) in [6.45, 7) is 18.4. The van der Waals surface area contributed by atoms with Crippen molar-refractivity contribution in [2.75, 3.05) is 7.11 Å². The van der Waals surface area contributed by atoms with Crippen LogP contribution in [0.4, 0.5) is 0 Å². The van der Waals surface area contributed by atoms with E-state index < -0.39 is 8.24 Å². The molecule has 0 fully saturated rings. The summed E-state index contributed by atoms with van der Waals surface area (Å²) >= 11 is 0. The number of methoxy groups -OCH3 is 1. The molecule has 0 amide bonds. The second kappa shape index (κ2) is 7.55. The van der Waals surface area contributed by atoms with E-state index in [1.54, 1.807) is 6.20 Å². The van der Waals surface area contributed by atoms with Crippen LogP contribution in [0.15, 0.2) is 18.5 Å². The SMILES string of the molecule is COC(=O)c1cnc2c(ccn2[Si](C(C)C)(C(C)C)C(C)C)c1C(C)C. The molecule has 144 valence electrons. The summed E-state index contributed by atoms with van der Waals surface area (Å²) in [5.41, 5.74) is 4.40. The van der Waals surface area contributed by atoms with Crippen LogP contribution < -0.4 is 0 Å². The third kappa shape index (κ3) is 3.00. The summed E-state index contributed by atoms with van der Waals surface area (Å²) in [5, 5.41) is 1.08. The fourth-order valence-corrected chi connectivity index (χ4v) is 11.7. The molecule has 0 aliphatic carbocycles. The van der Waals surface area contributed by atoms with Gasteiger partial charge in [-0.15, -0.1) is 0 Å². The normalized spacial score (nSPS) is 12.8. The van der Waals surface area contributed by atoms with Crippen molar-refractivity contribution in [3.63, 3.8) is 0 Å². The van der Waals surface area contributed by atoms with Crippen LogP contribution in [-0.2, 0) is 4.74 Å². The lowest BCUT2D eigenvalue weighted by molar-refractivity contribution is 0.0599. The quantitative estimate of drug-likeness (QED) is 0.462. The number of fused-ring (bicyclic) bond motifs is 1. The van der Waals surface area contributed by atoms with Crippen LogP contribution in [0.3, 0.4) is 0 Å². The third-order valence-corrected chi connectivity index (χ3v) is 12.7. The van der Waals surface area contributed by atoms with Crippen LogP contribution in [-0.4, -0.2) is 30.5 Å². The number of carbonyl (C=O) groups is 1. The van der Waals surface area contributed by atoms with Gasteiger partial charge in [0.1, 0.15) is 5.65 Å². The minimum atomic E-state index is -1.89. The molecule has 2 aromatic heterocycles. The lowest BCUT2D eigenvalue weighted by Crippen LogP contribution is -2.51. The largest absolute Gasteiger partial charge is 0.465 e. The molecule has 0 atom stereocenters. The van der Waals surface area contributed by atoms with E-state index >= 15 is 0 Å². The first kappa shape index (κ1) is 20.7. The Labute approximate surface area is 159 Å². The van der Waals surface area contributed by atoms with Crippen molar-refractivity contribution in [1.29, 1.82) is 0 Å². The maximum absolute atomic E-state index is 12.3. The van der Waals surface area contributed by atoms with Gasteiger partial charge in [-0.2, -0.15) is 0 Å². The van der Waals surface area contributed by atoms with Crippen LogP contribution in [0.2, 0.25) is 16.6 Å². The van der Waals surface area contributed by atoms with Gasteiger partial charge >= 0.3 is 5.97 Å². The highest BCUT2D eigenvalue weighted by molar-refractivity contribution is 6.82. The van der Waals surface area contributed by atoms with Gasteiger partial charge < -0.3 is 8.97 Å². The van der Waals surface area contributed by atoms with Gasteiger partial charge in [0.25, 0.3) is 0 Å². The molecule has 0 aliphatic rings. The smallest absolute Gasteiger partial charge is 0.339 e. The molecule has 2 rings (SSSR count). The van der Waals surface area contributed by atoms with Crippen LogP contribution >= 0.6 is 0 Å². The first-order valence-electron chi connectivity index (χ1n) is 9.69. The highest BCUT2D eigenvalue weighted by Gasteiger charge is 2.46. The monoisotopic (exact) mass is 374 g/mol. The minimum Gasteiger partial charge on any atom is -0.465 e. The van der Waals surface area contributed by atoms with E-state index in [4.69, 9.17) is 9.72 Å². The number of nitrogens with zero attached hydrogens (tertiary/aromatic N) is 2. The van der Waals surface area contributed by atoms with Gasteiger partial charge in [0.05, 0.1) is 12.7 Å². The van der Waals surface area contributed by atoms with Gasteiger partial charge in [0.15, 0.2) is 8.24 Å². The van der Waals surface area contributed by atoms with Crippen LogP contribution in [0.25, 0.3) is 11.0 Å². The van der Waals surface area contributed by atoms with Crippen LogP contribution in [0.1, 0.15) is 77.2 Å². The molecule has 0 spiro atoms. The Bertz CT molecular complexity index is 769. The second-order valence-electron chi connectivity index (χ2n) is 8.51. The summed E-state index contributed by atoms with van der Waals surface area (Å²) in [5.74, 6) is -0.0883. The van der Waals surface area contributed by atoms with Gasteiger partial charge in [-0.3, -0.25) is 0 Å². The van der Waals surface area contributed by atoms with Gasteiger partial charge in [0.2, 0.25) is 0 Å². The van der Waals surface area contributed by atoms with E-state index in [0.29, 0.717) is 22.2 Å². The van der Waals surface area contributed by atoms with Gasteiger partial charge in [-0.25, -0.2) is 9.78 Å². The Hall–Kier alpha value is -1.62. The predicted octanol–water partition coefficient (Wildman–Crippen LogP) is 5.97. The molecular weight excluding hydrogens is 340 g/mol. The molecule has 0 aromatic carbocycles. The maximum Gasteiger partial charge on any atom is 0.339 e. The van der Waals surface area contributed by atoms with Crippen LogP contribution in [0, 0.1) is 0 Å². The van der Waals surface area contributed by atoms with Crippen molar-refractivity contribution in [2.24, 2.45) is 0 Å². The number of esters is 1. The van der Waals surface area contributed by atoms with Crippen molar-refractivity contribution in [3.05, 3.63) is 29.6 Å². The molecular formula is C21H34N2O2Si. The average molecular weight is 375 g/mol. The lowest BCUT2D eigenvalue weighted by Gasteiger charge is -2.44. The van der Waals surface area contributed by atoms with E-state index in [9.17, 15) is 4.79 Å². The summed E-state index contributed by atoms with van der Waals surface area (Å²) in [4.78, 5) is 17.0. The van der Waals surface area contributed by atoms with Gasteiger partial charge in [-0.05, 0) is 40.4 Å². The molecule has 0 aliphatic heterocycles. The van der Waals surface area contributed by atoms with E-state index in [1.165, 1.54) is 7.11 Å². The molecule has 26 heavy (non-hydrogen) atoms. The zero-order chi connectivity index (χ0) is 19.8. The number of hydrogen-bond donors (Lipinski definition) is 0. The summed E-state index contributed by atoms with van der Waals surface area (Å²) in [7, 11) is -0.462. The molecule has 4 nitrogen and oxygen atoms in total. The molecule has 0 saturated carbocycles. The Morgan fingerprint density at radius 3 is 2.00 bits per heavy atom. The topological polar surface area (TPSA) is 44.1 Å². The Morgan fingerprint density at radius 2 is 1.58 bits per heavy atom. The fraction of sp³-hybridized carbons (Fsp3) is 0.619. The molecule has 2 heterocycles. The molecule has 2 aromatic rings. The van der Waals surface area contributed by atoms with Crippen LogP contribution in [0.5, 0.6) is 0 Å². The van der Waals surface area contributed by atoms with Crippen molar-refractivity contribution in [1.82, 2.24) is 9.22 Å². The van der Waals surface area contributed by atoms with E-state index in [2.05, 4.69) is 71.9 Å². The Morgan fingerprint density at radius 1 is 1.04 bits per heavy atom. The molecule has 0 radical (unpaired) electrons. The number of hydrogen-bond acceptors (Lipinski definition) is 3. The maximum atomic E-state index is 12.3. The van der Waals surface area contributed by atoms with E-state index in [0.717, 1.165) is 16.6 Å². The predicted molar refractivity (Wildman–Crippen MR) is 112 cm³/mol. The van der Waals surface area contributed by atoms with Crippen molar-refractivity contribution in [3.8, 4) is 0 Å². The average Bonchev–Trinajstić information content (AvgIpc) is 2.96. The lowest BCUT2D eigenvalue weighted by atomic mass is 9.96. The fourth-order valence-electron chi connectivity index (χ4n) is 5.15. The number of rotatable bonds is 6. The zero-order valence-corrected chi connectivity index (χ0v) is 18.8. The summed E-state index contributed by atoms with van der Waals surface area (Å²) in [6, 6.07) is 2.15. The third-order valence-electron chi connectivity index (χ3n) is 5.93. The number of aromatic nitrogens is 2. The highest BCUT2D eigenvalue weighted by atomic mass is 28.3. The van der Waals surface area contributed by atoms with E-state index in [-0.39, 0.29) is 11.9 Å². The van der Waals surface area contributed by atoms with Crippen molar-refractivity contribution >= 4 is 25.2 Å². The number of pyridine rings is 1. The van der Waals surface area contributed by atoms with Gasteiger partial charge in [0, 0.05) is 11.6 Å². The Balaban J connectivity index is 2.87. The van der Waals surface area contributed by atoms with E-state index in [1.807, 2.05) is 0 Å². The minimum absolute atomic E-state index is 0.221. The number of carbonyl (C=O) groups excluding carboxylic acids is 1.